The number of aromatic nitrogens is 2. The minimum atomic E-state index is -0.420. The number of nitrogens with zero attached hydrogens (tertiary/aromatic N) is 3. The molecule has 1 aromatic heterocycles. The Morgan fingerprint density at radius 3 is 2.61 bits per heavy atom. The van der Waals surface area contributed by atoms with Crippen LogP contribution in [-0.4, -0.2) is 54.6 Å². The third-order valence-corrected chi connectivity index (χ3v) is 6.33. The molecule has 2 saturated heterocycles. The minimum Gasteiger partial charge on any atom is -0.356 e. The Hall–Kier alpha value is -1.91. The first kappa shape index (κ1) is 22.3. The van der Waals surface area contributed by atoms with Crippen LogP contribution in [0.3, 0.4) is 0 Å². The van der Waals surface area contributed by atoms with Crippen LogP contribution in [0.15, 0.2) is 35.5 Å². The number of benzene rings is 1. The monoisotopic (exact) mass is 464 g/mol. The van der Waals surface area contributed by atoms with Crippen LogP contribution in [-0.2, 0) is 20.1 Å². The average Bonchev–Trinajstić information content (AvgIpc) is 3.24. The summed E-state index contributed by atoms with van der Waals surface area (Å²) in [5.41, 5.74) is 3.98. The second-order valence-electron chi connectivity index (χ2n) is 7.28. The number of rotatable bonds is 7. The number of hydroxylamine groups is 1. The number of hydrogen-bond acceptors (Lipinski definition) is 8. The van der Waals surface area contributed by atoms with Crippen molar-refractivity contribution in [2.45, 2.75) is 36.5 Å². The molecule has 1 aromatic carbocycles. The number of amides is 1. The molecule has 0 aliphatic carbocycles. The fourth-order valence-electron chi connectivity index (χ4n) is 3.57. The predicted molar refractivity (Wildman–Crippen MR) is 118 cm³/mol. The smallest absolute Gasteiger partial charge is 0.274 e. The van der Waals surface area contributed by atoms with Gasteiger partial charge in [-0.25, -0.2) is 15.4 Å². The molecule has 166 valence electrons. The number of carbonyl (C=O) groups is 1. The highest BCUT2D eigenvalue weighted by molar-refractivity contribution is 7.98. The first-order valence-corrected chi connectivity index (χ1v) is 11.6. The van der Waals surface area contributed by atoms with Crippen molar-refractivity contribution in [3.8, 4) is 0 Å². The Labute approximate surface area is 190 Å². The molecule has 1 N–H and O–H groups in total. The minimum absolute atomic E-state index is 0.263. The van der Waals surface area contributed by atoms with E-state index in [1.54, 1.807) is 18.2 Å². The van der Waals surface area contributed by atoms with Crippen molar-refractivity contribution in [1.29, 1.82) is 0 Å². The third kappa shape index (κ3) is 5.67. The Balaban J connectivity index is 1.35. The molecular formula is C21H25ClN4O4S. The molecule has 10 heteroatoms. The van der Waals surface area contributed by atoms with Gasteiger partial charge in [0.1, 0.15) is 11.0 Å². The van der Waals surface area contributed by atoms with E-state index in [0.29, 0.717) is 41.4 Å². The first-order valence-electron chi connectivity index (χ1n) is 10.3. The molecule has 3 heterocycles. The Morgan fingerprint density at radius 1 is 1.23 bits per heavy atom. The molecule has 4 rings (SSSR count). The summed E-state index contributed by atoms with van der Waals surface area (Å²) in [6, 6.07) is 9.15. The normalized spacial score (nSPS) is 17.8. The number of anilines is 1. The van der Waals surface area contributed by atoms with Crippen molar-refractivity contribution in [2.24, 2.45) is 0 Å². The quantitative estimate of drug-likeness (QED) is 0.288. The first-order chi connectivity index (χ1) is 15.1. The molecule has 0 unspecified atom stereocenters. The Bertz CT molecular complexity index is 899. The summed E-state index contributed by atoms with van der Waals surface area (Å²) in [5, 5.41) is 1.04. The Kier molecular flexibility index (Phi) is 7.29. The van der Waals surface area contributed by atoms with Gasteiger partial charge in [-0.2, -0.15) is 0 Å². The van der Waals surface area contributed by atoms with Gasteiger partial charge in [0.2, 0.25) is 0 Å². The summed E-state index contributed by atoms with van der Waals surface area (Å²) < 4.78 is 11.6. The summed E-state index contributed by atoms with van der Waals surface area (Å²) in [6.45, 7) is 5.15. The van der Waals surface area contributed by atoms with E-state index in [1.165, 1.54) is 11.8 Å². The zero-order valence-electron chi connectivity index (χ0n) is 17.3. The lowest BCUT2D eigenvalue weighted by Crippen LogP contribution is -2.45. The molecule has 8 nitrogen and oxygen atoms in total. The number of carbonyl (C=O) groups excluding carboxylic acids is 1. The number of piperidine rings is 1. The second-order valence-corrected chi connectivity index (χ2v) is 8.61. The van der Waals surface area contributed by atoms with Gasteiger partial charge in [-0.3, -0.25) is 9.63 Å². The third-order valence-electron chi connectivity index (χ3n) is 5.22. The lowest BCUT2D eigenvalue weighted by Gasteiger charge is -2.38. The maximum Gasteiger partial charge on any atom is 0.274 e. The van der Waals surface area contributed by atoms with Gasteiger partial charge < -0.3 is 14.4 Å². The number of nitrogens with one attached hydrogen (secondary N) is 1. The van der Waals surface area contributed by atoms with Crippen molar-refractivity contribution >= 4 is 35.1 Å². The molecule has 0 saturated carbocycles. The lowest BCUT2D eigenvalue weighted by molar-refractivity contribution is -0.169. The largest absolute Gasteiger partial charge is 0.356 e. The standard InChI is InChI=1S/C21H25ClN4O4S/c1-2-30-25-19(27)16-5-3-15(4-6-16)14-31-20-23-17(22)13-18(24-20)26-9-7-21(8-10-26)28-11-12-29-21/h3-6,13H,2,7-12,14H2,1H3,(H,25,27). The summed E-state index contributed by atoms with van der Waals surface area (Å²) in [4.78, 5) is 28.1. The van der Waals surface area contributed by atoms with E-state index in [2.05, 4.69) is 15.4 Å². The van der Waals surface area contributed by atoms with Crippen LogP contribution in [0.2, 0.25) is 5.15 Å². The molecule has 0 bridgehead atoms. The van der Waals surface area contributed by atoms with Crippen LogP contribution >= 0.6 is 23.4 Å². The molecule has 1 amide bonds. The van der Waals surface area contributed by atoms with Crippen molar-refractivity contribution in [1.82, 2.24) is 15.4 Å². The van der Waals surface area contributed by atoms with Crippen molar-refractivity contribution < 1.29 is 19.1 Å². The fraction of sp³-hybridized carbons (Fsp3) is 0.476. The number of halogens is 1. The molecule has 31 heavy (non-hydrogen) atoms. The van der Waals surface area contributed by atoms with Gasteiger partial charge in [-0.05, 0) is 24.6 Å². The fourth-order valence-corrected chi connectivity index (χ4v) is 4.61. The molecular weight excluding hydrogens is 440 g/mol. The molecule has 0 atom stereocenters. The molecule has 0 radical (unpaired) electrons. The Morgan fingerprint density at radius 2 is 1.94 bits per heavy atom. The summed E-state index contributed by atoms with van der Waals surface area (Å²) >= 11 is 7.78. The summed E-state index contributed by atoms with van der Waals surface area (Å²) in [6.07, 6.45) is 1.61. The predicted octanol–water partition coefficient (Wildman–Crippen LogP) is 3.45. The summed E-state index contributed by atoms with van der Waals surface area (Å²) in [5.74, 6) is 0.799. The average molecular weight is 465 g/mol. The second kappa shape index (κ2) is 10.1. The molecule has 1 spiro atoms. The van der Waals surface area contributed by atoms with E-state index < -0.39 is 5.79 Å². The van der Waals surface area contributed by atoms with E-state index in [9.17, 15) is 4.79 Å². The number of thioether (sulfide) groups is 1. The molecule has 2 aliphatic heterocycles. The zero-order valence-corrected chi connectivity index (χ0v) is 18.9. The lowest BCUT2D eigenvalue weighted by atomic mass is 10.0. The van der Waals surface area contributed by atoms with Gasteiger partial charge in [-0.1, -0.05) is 35.5 Å². The van der Waals surface area contributed by atoms with E-state index in [1.807, 2.05) is 19.1 Å². The van der Waals surface area contributed by atoms with Crippen LogP contribution in [0.25, 0.3) is 0 Å². The molecule has 2 fully saturated rings. The maximum absolute atomic E-state index is 11.9. The highest BCUT2D eigenvalue weighted by Crippen LogP contribution is 2.33. The van der Waals surface area contributed by atoms with Gasteiger partial charge in [0.05, 0.1) is 19.8 Å². The number of hydrogen-bond donors (Lipinski definition) is 1. The molecule has 2 aliphatic rings. The zero-order chi connectivity index (χ0) is 21.7. The van der Waals surface area contributed by atoms with Crippen LogP contribution < -0.4 is 10.4 Å². The van der Waals surface area contributed by atoms with Crippen LogP contribution in [0.4, 0.5) is 5.82 Å². The van der Waals surface area contributed by atoms with E-state index in [0.717, 1.165) is 37.3 Å². The van der Waals surface area contributed by atoms with Gasteiger partial charge >= 0.3 is 0 Å². The van der Waals surface area contributed by atoms with Crippen molar-refractivity contribution in [3.63, 3.8) is 0 Å². The molecule has 2 aromatic rings. The van der Waals surface area contributed by atoms with E-state index in [-0.39, 0.29) is 5.91 Å². The van der Waals surface area contributed by atoms with E-state index in [4.69, 9.17) is 30.9 Å². The van der Waals surface area contributed by atoms with Gasteiger partial charge in [0.25, 0.3) is 5.91 Å². The van der Waals surface area contributed by atoms with Crippen LogP contribution in [0.1, 0.15) is 35.7 Å². The highest BCUT2D eigenvalue weighted by atomic mass is 35.5. The van der Waals surface area contributed by atoms with Crippen molar-refractivity contribution in [3.05, 3.63) is 46.6 Å². The highest BCUT2D eigenvalue weighted by Gasteiger charge is 2.40. The van der Waals surface area contributed by atoms with Gasteiger partial charge in [0, 0.05) is 43.3 Å². The summed E-state index contributed by atoms with van der Waals surface area (Å²) in [7, 11) is 0. The number of ether oxygens (including phenoxy) is 2. The SMILES string of the molecule is CCONC(=O)c1ccc(CSc2nc(Cl)cc(N3CCC4(CC3)OCCO4)n2)cc1. The maximum atomic E-state index is 11.9. The van der Waals surface area contributed by atoms with E-state index >= 15 is 0 Å². The topological polar surface area (TPSA) is 85.8 Å². The van der Waals surface area contributed by atoms with Crippen molar-refractivity contribution in [2.75, 3.05) is 37.8 Å². The van der Waals surface area contributed by atoms with Crippen LogP contribution in [0.5, 0.6) is 0 Å². The van der Waals surface area contributed by atoms with Gasteiger partial charge in [-0.15, -0.1) is 0 Å². The van der Waals surface area contributed by atoms with Crippen LogP contribution in [0, 0.1) is 0 Å². The van der Waals surface area contributed by atoms with Gasteiger partial charge in [0.15, 0.2) is 10.9 Å².